The second-order valence-electron chi connectivity index (χ2n) is 12.7. The van der Waals surface area contributed by atoms with Crippen LogP contribution < -0.4 is 0 Å². The standard InChI is InChI=1S/C32H47F5O3S/c1-30-17-15-26-25-12-11-24(38)21-23(25)20-22(29(26)27(30)13-14-28(30)39)10-7-5-3-2-4-6-8-18-41(40)19-9-16-31(33,34)32(35,36)37/h11-12,21-22,26-29,38-39H,2-10,13-20H2,1H3/t22-,26-,27+,28+,29-,30+,41?/m1/s1/i14D2,28D. The van der Waals surface area contributed by atoms with Gasteiger partial charge in [-0.3, -0.25) is 4.21 Å². The molecule has 4 rings (SSSR count). The summed E-state index contributed by atoms with van der Waals surface area (Å²) in [6, 6.07) is 5.57. The maximum absolute atomic E-state index is 13.0. The molecule has 2 N–H and O–H groups in total. The molecule has 3 aliphatic rings. The van der Waals surface area contributed by atoms with Crippen LogP contribution in [0.3, 0.4) is 0 Å². The molecule has 0 saturated heterocycles. The molecule has 3 nitrogen and oxygen atoms in total. The lowest BCUT2D eigenvalue weighted by atomic mass is 9.52. The third kappa shape index (κ3) is 7.66. The van der Waals surface area contributed by atoms with Crippen LogP contribution in [-0.4, -0.2) is 44.1 Å². The van der Waals surface area contributed by atoms with Crippen molar-refractivity contribution in [2.24, 2.45) is 23.2 Å². The molecule has 1 aromatic carbocycles. The van der Waals surface area contributed by atoms with Crippen molar-refractivity contribution in [1.82, 2.24) is 0 Å². The molecule has 234 valence electrons. The van der Waals surface area contributed by atoms with E-state index in [1.165, 1.54) is 5.56 Å². The topological polar surface area (TPSA) is 57.5 Å². The Kier molecular flexibility index (Phi) is 9.47. The van der Waals surface area contributed by atoms with Gasteiger partial charge in [0.15, 0.2) is 0 Å². The van der Waals surface area contributed by atoms with Gasteiger partial charge in [0, 0.05) is 31.5 Å². The normalized spacial score (nSPS) is 34.6. The fourth-order valence-electron chi connectivity index (χ4n) is 7.72. The Morgan fingerprint density at radius 1 is 1.02 bits per heavy atom. The average molecular weight is 610 g/mol. The van der Waals surface area contributed by atoms with Gasteiger partial charge >= 0.3 is 12.1 Å². The Labute approximate surface area is 248 Å². The molecule has 1 aromatic rings. The summed E-state index contributed by atoms with van der Waals surface area (Å²) in [5, 5.41) is 21.3. The van der Waals surface area contributed by atoms with E-state index in [1.54, 1.807) is 6.07 Å². The highest BCUT2D eigenvalue weighted by Crippen LogP contribution is 2.62. The molecule has 1 unspecified atom stereocenters. The van der Waals surface area contributed by atoms with E-state index < -0.39 is 53.6 Å². The van der Waals surface area contributed by atoms with E-state index in [1.807, 2.05) is 19.1 Å². The predicted molar refractivity (Wildman–Crippen MR) is 153 cm³/mol. The van der Waals surface area contributed by atoms with Gasteiger partial charge in [-0.15, -0.1) is 0 Å². The number of alkyl halides is 5. The lowest BCUT2D eigenvalue weighted by molar-refractivity contribution is -0.284. The summed E-state index contributed by atoms with van der Waals surface area (Å²) in [7, 11) is -1.40. The molecule has 0 aliphatic heterocycles. The third-order valence-corrected chi connectivity index (χ3v) is 11.5. The summed E-state index contributed by atoms with van der Waals surface area (Å²) >= 11 is 0. The van der Waals surface area contributed by atoms with Crippen LogP contribution in [0.5, 0.6) is 5.75 Å². The van der Waals surface area contributed by atoms with Crippen molar-refractivity contribution in [3.8, 4) is 5.75 Å². The molecule has 41 heavy (non-hydrogen) atoms. The van der Waals surface area contributed by atoms with Crippen LogP contribution in [0.15, 0.2) is 18.2 Å². The van der Waals surface area contributed by atoms with E-state index in [0.717, 1.165) is 63.4 Å². The van der Waals surface area contributed by atoms with Crippen LogP contribution >= 0.6 is 0 Å². The van der Waals surface area contributed by atoms with E-state index in [2.05, 4.69) is 0 Å². The van der Waals surface area contributed by atoms with Gasteiger partial charge in [-0.2, -0.15) is 22.0 Å². The number of phenolic OH excluding ortho intramolecular Hbond substituents is 1. The molecule has 0 aromatic heterocycles. The minimum Gasteiger partial charge on any atom is -0.508 e. The molecule has 0 radical (unpaired) electrons. The first kappa shape index (κ1) is 28.5. The summed E-state index contributed by atoms with van der Waals surface area (Å²) in [5.41, 5.74) is 1.54. The number of hydrogen-bond donors (Lipinski definition) is 2. The number of fused-ring (bicyclic) bond motifs is 5. The summed E-state index contributed by atoms with van der Waals surface area (Å²) < 4.78 is 100. The minimum atomic E-state index is -5.57. The van der Waals surface area contributed by atoms with Crippen molar-refractivity contribution in [3.05, 3.63) is 29.3 Å². The van der Waals surface area contributed by atoms with Gasteiger partial charge in [0.25, 0.3) is 0 Å². The maximum atomic E-state index is 13.0. The molecule has 0 heterocycles. The van der Waals surface area contributed by atoms with Gasteiger partial charge in [-0.1, -0.05) is 51.5 Å². The number of phenols is 1. The van der Waals surface area contributed by atoms with Crippen LogP contribution in [0.25, 0.3) is 0 Å². The highest BCUT2D eigenvalue weighted by atomic mass is 32.2. The molecule has 0 spiro atoms. The third-order valence-electron chi connectivity index (χ3n) is 10.0. The van der Waals surface area contributed by atoms with Crippen LogP contribution in [0.1, 0.15) is 118 Å². The second-order valence-corrected chi connectivity index (χ2v) is 14.4. The van der Waals surface area contributed by atoms with Crippen molar-refractivity contribution in [3.63, 3.8) is 0 Å². The molecule has 0 bridgehead atoms. The Balaban J connectivity index is 1.22. The number of halogens is 5. The Bertz CT molecular complexity index is 1160. The number of unbranched alkanes of at least 4 members (excludes halogenated alkanes) is 6. The molecular formula is C32H47F5O3S. The van der Waals surface area contributed by atoms with Gasteiger partial charge in [0.2, 0.25) is 0 Å². The maximum Gasteiger partial charge on any atom is 0.453 e. The summed E-state index contributed by atoms with van der Waals surface area (Å²) in [6.07, 6.45) is -1.70. The zero-order valence-electron chi connectivity index (χ0n) is 27.0. The first-order valence-electron chi connectivity index (χ1n) is 16.7. The lowest BCUT2D eigenvalue weighted by Gasteiger charge is -2.53. The van der Waals surface area contributed by atoms with Crippen molar-refractivity contribution in [2.45, 2.75) is 127 Å². The smallest absolute Gasteiger partial charge is 0.453 e. The second kappa shape index (κ2) is 13.6. The molecule has 2 fully saturated rings. The molecular weight excluding hydrogens is 559 g/mol. The van der Waals surface area contributed by atoms with E-state index in [0.29, 0.717) is 18.6 Å². The molecule has 3 aliphatic carbocycles. The van der Waals surface area contributed by atoms with Gasteiger partial charge in [-0.25, -0.2) is 0 Å². The quantitative estimate of drug-likeness (QED) is 0.164. The number of aromatic hydroxyl groups is 1. The van der Waals surface area contributed by atoms with Crippen molar-refractivity contribution in [2.75, 3.05) is 11.5 Å². The van der Waals surface area contributed by atoms with Gasteiger partial charge in [0.1, 0.15) is 5.75 Å². The Hall–Kier alpha value is -1.22. The monoisotopic (exact) mass is 609 g/mol. The number of aliphatic hydroxyl groups is 1. The van der Waals surface area contributed by atoms with Gasteiger partial charge in [-0.05, 0) is 104 Å². The van der Waals surface area contributed by atoms with Crippen LogP contribution in [0.2, 0.25) is 0 Å². The van der Waals surface area contributed by atoms with Crippen LogP contribution in [-0.2, 0) is 17.2 Å². The van der Waals surface area contributed by atoms with Gasteiger partial charge in [0.05, 0.1) is 7.45 Å². The lowest BCUT2D eigenvalue weighted by Crippen LogP contribution is -2.47. The van der Waals surface area contributed by atoms with E-state index in [9.17, 15) is 36.4 Å². The first-order chi connectivity index (χ1) is 20.4. The van der Waals surface area contributed by atoms with Crippen molar-refractivity contribution >= 4 is 10.8 Å². The zero-order valence-corrected chi connectivity index (χ0v) is 24.8. The highest BCUT2D eigenvalue weighted by molar-refractivity contribution is 7.84. The van der Waals surface area contributed by atoms with Crippen molar-refractivity contribution in [1.29, 1.82) is 0 Å². The Morgan fingerprint density at radius 3 is 2.39 bits per heavy atom. The van der Waals surface area contributed by atoms with Crippen molar-refractivity contribution < 1.29 is 40.5 Å². The fraction of sp³-hybridized carbons (Fsp3) is 0.812. The largest absolute Gasteiger partial charge is 0.508 e. The first-order valence-corrected chi connectivity index (χ1v) is 16.7. The summed E-state index contributed by atoms with van der Waals surface area (Å²) in [5.74, 6) is -3.77. The van der Waals surface area contributed by atoms with E-state index in [-0.39, 0.29) is 41.6 Å². The minimum absolute atomic E-state index is 0.0996. The summed E-state index contributed by atoms with van der Waals surface area (Å²) in [4.78, 5) is 0. The number of benzene rings is 1. The number of rotatable bonds is 14. The predicted octanol–water partition coefficient (Wildman–Crippen LogP) is 8.68. The van der Waals surface area contributed by atoms with Crippen LogP contribution in [0, 0.1) is 23.2 Å². The molecule has 9 heteroatoms. The van der Waals surface area contributed by atoms with Crippen LogP contribution in [0.4, 0.5) is 22.0 Å². The molecule has 2 saturated carbocycles. The highest BCUT2D eigenvalue weighted by Gasteiger charge is 2.57. The molecule has 0 amide bonds. The Morgan fingerprint density at radius 2 is 1.68 bits per heavy atom. The zero-order chi connectivity index (χ0) is 32.6. The fourth-order valence-corrected chi connectivity index (χ4v) is 8.91. The average Bonchev–Trinajstić information content (AvgIpc) is 3.06. The number of hydrogen-bond acceptors (Lipinski definition) is 3. The van der Waals surface area contributed by atoms with Gasteiger partial charge < -0.3 is 10.2 Å². The molecule has 7 atom stereocenters. The summed E-state index contributed by atoms with van der Waals surface area (Å²) in [6.45, 7) is 1.90. The SMILES string of the molecule is [2H]C1([2H])C[C@H]2[C@@H]3[C@H](CCCCCCCCCS(=O)CCCC(F)(F)C(F)(F)F)Cc4cc(O)ccc4[C@H]3CC[C@]2(C)[C@@]1([2H])O. The van der Waals surface area contributed by atoms with E-state index in [4.69, 9.17) is 4.11 Å². The van der Waals surface area contributed by atoms with E-state index >= 15 is 0 Å².